The van der Waals surface area contributed by atoms with Gasteiger partial charge in [0.25, 0.3) is 0 Å². The summed E-state index contributed by atoms with van der Waals surface area (Å²) in [6.07, 6.45) is 3.93. The highest BCUT2D eigenvalue weighted by molar-refractivity contribution is 5.77. The number of nitrogens with one attached hydrogen (secondary N) is 1. The minimum absolute atomic E-state index is 0.118. The largest absolute Gasteiger partial charge is 0.399 e. The molecule has 0 saturated heterocycles. The number of nitrogens with zero attached hydrogens (tertiary/aromatic N) is 1. The van der Waals surface area contributed by atoms with E-state index in [-0.39, 0.29) is 11.9 Å². The van der Waals surface area contributed by atoms with E-state index < -0.39 is 0 Å². The van der Waals surface area contributed by atoms with Crippen molar-refractivity contribution in [1.82, 2.24) is 10.2 Å². The second kappa shape index (κ2) is 10.9. The summed E-state index contributed by atoms with van der Waals surface area (Å²) in [7, 11) is 0. The first kappa shape index (κ1) is 22.7. The highest BCUT2D eigenvalue weighted by Gasteiger charge is 2.29. The average Bonchev–Trinajstić information content (AvgIpc) is 2.85. The Kier molecular flexibility index (Phi) is 7.46. The Labute approximate surface area is 197 Å². The molecule has 1 heterocycles. The van der Waals surface area contributed by atoms with Gasteiger partial charge in [0.1, 0.15) is 0 Å². The molecule has 1 amide bonds. The summed E-state index contributed by atoms with van der Waals surface area (Å²) in [5.74, 6) is 0.197. The van der Waals surface area contributed by atoms with Gasteiger partial charge in [-0.15, -0.1) is 0 Å². The van der Waals surface area contributed by atoms with E-state index in [4.69, 9.17) is 5.73 Å². The van der Waals surface area contributed by atoms with Crippen LogP contribution in [0.1, 0.15) is 35.1 Å². The van der Waals surface area contributed by atoms with Crippen molar-refractivity contribution in [3.8, 4) is 0 Å². The number of carbonyl (C=O) groups is 1. The lowest BCUT2D eigenvalue weighted by Gasteiger charge is -2.37. The van der Waals surface area contributed by atoms with E-state index in [1.807, 2.05) is 30.3 Å². The molecule has 3 aromatic carbocycles. The molecule has 1 atom stereocenters. The molecular weight excluding hydrogens is 406 g/mol. The maximum atomic E-state index is 13.3. The molecule has 4 heteroatoms. The molecule has 0 unspecified atom stereocenters. The first-order valence-corrected chi connectivity index (χ1v) is 11.7. The zero-order chi connectivity index (χ0) is 23.0. The molecule has 3 N–H and O–H groups in total. The molecule has 4 rings (SSSR count). The van der Waals surface area contributed by atoms with Gasteiger partial charge in [-0.05, 0) is 60.1 Å². The first-order chi connectivity index (χ1) is 16.1. The van der Waals surface area contributed by atoms with E-state index in [0.717, 1.165) is 49.2 Å². The minimum atomic E-state index is 0.118. The van der Waals surface area contributed by atoms with Gasteiger partial charge in [-0.25, -0.2) is 0 Å². The Bertz CT molecular complexity index is 1080. The van der Waals surface area contributed by atoms with Crippen LogP contribution < -0.4 is 11.1 Å². The third-order valence-electron chi connectivity index (χ3n) is 6.43. The van der Waals surface area contributed by atoms with E-state index in [1.54, 1.807) is 0 Å². The van der Waals surface area contributed by atoms with Gasteiger partial charge in [-0.3, -0.25) is 4.79 Å². The van der Waals surface area contributed by atoms with Gasteiger partial charge in [0.2, 0.25) is 5.91 Å². The number of allylic oxidation sites excluding steroid dienone is 1. The first-order valence-electron chi connectivity index (χ1n) is 11.7. The van der Waals surface area contributed by atoms with Crippen molar-refractivity contribution in [1.29, 1.82) is 0 Å². The lowest BCUT2D eigenvalue weighted by Crippen LogP contribution is -2.49. The number of anilines is 1. The topological polar surface area (TPSA) is 58.4 Å². The Hall–Kier alpha value is -3.53. The molecule has 3 aromatic rings. The molecule has 170 valence electrons. The van der Waals surface area contributed by atoms with Gasteiger partial charge >= 0.3 is 0 Å². The smallest absolute Gasteiger partial charge is 0.223 e. The predicted octanol–water partition coefficient (Wildman–Crippen LogP) is 4.89. The van der Waals surface area contributed by atoms with E-state index in [1.165, 1.54) is 16.7 Å². The minimum Gasteiger partial charge on any atom is -0.399 e. The number of nitrogen functional groups attached to an aromatic ring is 1. The fraction of sp³-hybridized carbons (Fsp3) is 0.276. The van der Waals surface area contributed by atoms with Crippen LogP contribution in [0.3, 0.4) is 0 Å². The van der Waals surface area contributed by atoms with E-state index in [9.17, 15) is 4.79 Å². The van der Waals surface area contributed by atoms with Crippen molar-refractivity contribution >= 4 is 11.6 Å². The van der Waals surface area contributed by atoms with Crippen LogP contribution in [0.25, 0.3) is 0 Å². The fourth-order valence-electron chi connectivity index (χ4n) is 4.43. The van der Waals surface area contributed by atoms with Gasteiger partial charge in [-0.2, -0.15) is 0 Å². The van der Waals surface area contributed by atoms with Crippen LogP contribution in [0.15, 0.2) is 91.1 Å². The van der Waals surface area contributed by atoms with E-state index >= 15 is 0 Å². The van der Waals surface area contributed by atoms with Crippen LogP contribution in [0.4, 0.5) is 5.69 Å². The lowest BCUT2D eigenvalue weighted by atomic mass is 9.93. The van der Waals surface area contributed by atoms with Gasteiger partial charge in [-0.1, -0.05) is 73.3 Å². The van der Waals surface area contributed by atoms with Crippen LogP contribution in [-0.2, 0) is 30.6 Å². The Balaban J connectivity index is 1.37. The normalized spacial score (nSPS) is 15.0. The van der Waals surface area contributed by atoms with Crippen molar-refractivity contribution in [3.63, 3.8) is 0 Å². The number of carbonyl (C=O) groups excluding carboxylic acids is 1. The zero-order valence-electron chi connectivity index (χ0n) is 19.2. The van der Waals surface area contributed by atoms with Crippen molar-refractivity contribution in [2.45, 2.75) is 44.7 Å². The van der Waals surface area contributed by atoms with Crippen LogP contribution in [0.5, 0.6) is 0 Å². The maximum absolute atomic E-state index is 13.3. The van der Waals surface area contributed by atoms with E-state index in [2.05, 4.69) is 65.3 Å². The number of fused-ring (bicyclic) bond motifs is 1. The van der Waals surface area contributed by atoms with Gasteiger partial charge in [0.15, 0.2) is 0 Å². The van der Waals surface area contributed by atoms with Gasteiger partial charge in [0.05, 0.1) is 6.04 Å². The molecule has 4 nitrogen and oxygen atoms in total. The molecule has 1 aliphatic heterocycles. The van der Waals surface area contributed by atoms with Crippen molar-refractivity contribution in [2.75, 3.05) is 12.3 Å². The molecule has 0 aromatic heterocycles. The van der Waals surface area contributed by atoms with Crippen molar-refractivity contribution < 1.29 is 4.79 Å². The standard InChI is InChI=1S/C29H33N3O/c1-22(11-12-23-7-3-2-4-8-23)31-20-28-19-25-9-5-6-10-26(25)21-32(28)29(33)18-15-24-13-16-27(30)17-14-24/h2-10,13-14,16-17,28,31H,1,11-12,15,18-21,30H2/t28-/m0/s1. The maximum Gasteiger partial charge on any atom is 0.223 e. The Morgan fingerprint density at radius 3 is 2.27 bits per heavy atom. The summed E-state index contributed by atoms with van der Waals surface area (Å²) >= 11 is 0. The lowest BCUT2D eigenvalue weighted by molar-refractivity contribution is -0.134. The second-order valence-corrected chi connectivity index (χ2v) is 8.86. The highest BCUT2D eigenvalue weighted by Crippen LogP contribution is 2.24. The summed E-state index contributed by atoms with van der Waals surface area (Å²) in [5.41, 5.74) is 12.6. The quantitative estimate of drug-likeness (QED) is 0.467. The number of hydrogen-bond acceptors (Lipinski definition) is 3. The summed E-state index contributed by atoms with van der Waals surface area (Å²) in [6, 6.07) is 26.8. The number of hydrogen-bond donors (Lipinski definition) is 2. The molecule has 0 saturated carbocycles. The number of aryl methyl sites for hydroxylation is 2. The Morgan fingerprint density at radius 2 is 1.52 bits per heavy atom. The predicted molar refractivity (Wildman–Crippen MR) is 136 cm³/mol. The third kappa shape index (κ3) is 6.26. The molecule has 0 spiro atoms. The van der Waals surface area contributed by atoms with Gasteiger partial charge in [0, 0.05) is 30.9 Å². The molecule has 0 fully saturated rings. The SMILES string of the molecule is C=C(CCc1ccccc1)NC[C@@H]1Cc2ccccc2CN1C(=O)CCc1ccc(N)cc1. The Morgan fingerprint density at radius 1 is 0.879 bits per heavy atom. The van der Waals surface area contributed by atoms with Crippen LogP contribution in [0, 0.1) is 0 Å². The molecule has 33 heavy (non-hydrogen) atoms. The van der Waals surface area contributed by atoms with E-state index in [0.29, 0.717) is 13.0 Å². The summed E-state index contributed by atoms with van der Waals surface area (Å²) < 4.78 is 0. The molecule has 0 aliphatic carbocycles. The molecular formula is C29H33N3O. The molecule has 0 radical (unpaired) electrons. The molecule has 0 bridgehead atoms. The fourth-order valence-corrected chi connectivity index (χ4v) is 4.43. The van der Waals surface area contributed by atoms with Gasteiger partial charge < -0.3 is 16.0 Å². The van der Waals surface area contributed by atoms with Crippen LogP contribution in [-0.4, -0.2) is 23.4 Å². The number of benzene rings is 3. The number of amides is 1. The summed E-state index contributed by atoms with van der Waals surface area (Å²) in [6.45, 7) is 5.61. The molecule has 1 aliphatic rings. The van der Waals surface area contributed by atoms with Crippen LogP contribution >= 0.6 is 0 Å². The second-order valence-electron chi connectivity index (χ2n) is 8.86. The summed E-state index contributed by atoms with van der Waals surface area (Å²) in [4.78, 5) is 15.3. The third-order valence-corrected chi connectivity index (χ3v) is 6.43. The summed E-state index contributed by atoms with van der Waals surface area (Å²) in [5, 5.41) is 3.52. The zero-order valence-corrected chi connectivity index (χ0v) is 19.2. The number of rotatable bonds is 9. The van der Waals surface area contributed by atoms with Crippen molar-refractivity contribution in [3.05, 3.63) is 113 Å². The number of nitrogens with two attached hydrogens (primary N) is 1. The monoisotopic (exact) mass is 439 g/mol. The van der Waals surface area contributed by atoms with Crippen LogP contribution in [0.2, 0.25) is 0 Å². The average molecular weight is 440 g/mol. The highest BCUT2D eigenvalue weighted by atomic mass is 16.2. The van der Waals surface area contributed by atoms with Crippen molar-refractivity contribution in [2.24, 2.45) is 0 Å².